The summed E-state index contributed by atoms with van der Waals surface area (Å²) in [4.78, 5) is 0.340. The molecule has 0 bridgehead atoms. The van der Waals surface area contributed by atoms with Crippen LogP contribution in [0.25, 0.3) is 0 Å². The quantitative estimate of drug-likeness (QED) is 0.833. The summed E-state index contributed by atoms with van der Waals surface area (Å²) in [5.74, 6) is 0. The molecule has 0 amide bonds. The van der Waals surface area contributed by atoms with Gasteiger partial charge < -0.3 is 5.73 Å². The van der Waals surface area contributed by atoms with Gasteiger partial charge in [-0.05, 0) is 56.7 Å². The fourth-order valence-corrected chi connectivity index (χ4v) is 4.76. The Morgan fingerprint density at radius 1 is 1.32 bits per heavy atom. The average molecular weight is 282 g/mol. The number of nitrogens with one attached hydrogen (secondary N) is 1. The van der Waals surface area contributed by atoms with Crippen molar-refractivity contribution in [2.45, 2.75) is 56.9 Å². The first-order valence-electron chi connectivity index (χ1n) is 6.71. The van der Waals surface area contributed by atoms with Gasteiger partial charge in [0.2, 0.25) is 10.0 Å². The fourth-order valence-electron chi connectivity index (χ4n) is 2.72. The molecule has 106 valence electrons. The highest BCUT2D eigenvalue weighted by Crippen LogP contribution is 2.37. The van der Waals surface area contributed by atoms with Gasteiger partial charge in [0.05, 0.1) is 4.90 Å². The SMILES string of the molecule is CCC1(NS(=O)(=O)c2c(C)ccc(N)c2C)CCC1. The Hall–Kier alpha value is -1.07. The Bertz CT molecular complexity index is 584. The van der Waals surface area contributed by atoms with Crippen molar-refractivity contribution in [2.75, 3.05) is 5.73 Å². The lowest BCUT2D eigenvalue weighted by Crippen LogP contribution is -2.53. The summed E-state index contributed by atoms with van der Waals surface area (Å²) in [6.07, 6.45) is 3.75. The first-order chi connectivity index (χ1) is 8.81. The highest BCUT2D eigenvalue weighted by molar-refractivity contribution is 7.89. The van der Waals surface area contributed by atoms with Crippen molar-refractivity contribution in [1.82, 2.24) is 4.72 Å². The number of rotatable bonds is 4. The predicted octanol–water partition coefficient (Wildman–Crippen LogP) is 2.50. The van der Waals surface area contributed by atoms with Gasteiger partial charge in [-0.1, -0.05) is 13.0 Å². The van der Waals surface area contributed by atoms with E-state index in [-0.39, 0.29) is 5.54 Å². The molecule has 0 atom stereocenters. The third kappa shape index (κ3) is 2.49. The van der Waals surface area contributed by atoms with E-state index in [1.165, 1.54) is 0 Å². The number of sulfonamides is 1. The van der Waals surface area contributed by atoms with Crippen molar-refractivity contribution in [3.05, 3.63) is 23.3 Å². The highest BCUT2D eigenvalue weighted by atomic mass is 32.2. The summed E-state index contributed by atoms with van der Waals surface area (Å²) in [5, 5.41) is 0. The van der Waals surface area contributed by atoms with Crippen molar-refractivity contribution < 1.29 is 8.42 Å². The number of benzene rings is 1. The van der Waals surface area contributed by atoms with Crippen LogP contribution in [0, 0.1) is 13.8 Å². The number of nitrogens with two attached hydrogens (primary N) is 1. The minimum Gasteiger partial charge on any atom is -0.398 e. The van der Waals surface area contributed by atoms with Crippen LogP contribution in [0.15, 0.2) is 17.0 Å². The second-order valence-electron chi connectivity index (χ2n) is 5.52. The number of hydrogen-bond donors (Lipinski definition) is 2. The van der Waals surface area contributed by atoms with Crippen LogP contribution in [0.4, 0.5) is 5.69 Å². The van der Waals surface area contributed by atoms with E-state index in [4.69, 9.17) is 5.73 Å². The van der Waals surface area contributed by atoms with E-state index in [1.54, 1.807) is 26.0 Å². The summed E-state index contributed by atoms with van der Waals surface area (Å²) in [6.45, 7) is 5.59. The van der Waals surface area contributed by atoms with Crippen LogP contribution in [0.2, 0.25) is 0 Å². The number of anilines is 1. The van der Waals surface area contributed by atoms with E-state index in [9.17, 15) is 8.42 Å². The molecule has 5 heteroatoms. The van der Waals surface area contributed by atoms with Crippen molar-refractivity contribution >= 4 is 15.7 Å². The summed E-state index contributed by atoms with van der Waals surface area (Å²) < 4.78 is 28.2. The molecule has 2 rings (SSSR count). The molecule has 1 saturated carbocycles. The Morgan fingerprint density at radius 3 is 2.42 bits per heavy atom. The van der Waals surface area contributed by atoms with E-state index < -0.39 is 10.0 Å². The smallest absolute Gasteiger partial charge is 0.241 e. The van der Waals surface area contributed by atoms with Gasteiger partial charge in [0.25, 0.3) is 0 Å². The monoisotopic (exact) mass is 282 g/mol. The molecule has 1 aliphatic carbocycles. The minimum absolute atomic E-state index is 0.248. The second-order valence-corrected chi connectivity index (χ2v) is 7.14. The molecule has 0 unspecified atom stereocenters. The first-order valence-corrected chi connectivity index (χ1v) is 8.19. The summed E-state index contributed by atoms with van der Waals surface area (Å²) >= 11 is 0. The summed E-state index contributed by atoms with van der Waals surface area (Å²) in [6, 6.07) is 3.51. The van der Waals surface area contributed by atoms with Gasteiger partial charge in [0.15, 0.2) is 0 Å². The van der Waals surface area contributed by atoms with Gasteiger partial charge in [-0.2, -0.15) is 0 Å². The van der Waals surface area contributed by atoms with Gasteiger partial charge in [-0.3, -0.25) is 0 Å². The van der Waals surface area contributed by atoms with Crippen LogP contribution in [0.1, 0.15) is 43.7 Å². The van der Waals surface area contributed by atoms with Crippen LogP contribution in [0.5, 0.6) is 0 Å². The van der Waals surface area contributed by atoms with Gasteiger partial charge in [-0.25, -0.2) is 13.1 Å². The largest absolute Gasteiger partial charge is 0.398 e. The van der Waals surface area contributed by atoms with E-state index in [1.807, 2.05) is 6.92 Å². The van der Waals surface area contributed by atoms with Crippen molar-refractivity contribution in [3.63, 3.8) is 0 Å². The van der Waals surface area contributed by atoms with Crippen LogP contribution in [-0.2, 0) is 10.0 Å². The second kappa shape index (κ2) is 4.80. The molecule has 1 aliphatic rings. The maximum atomic E-state index is 12.6. The van der Waals surface area contributed by atoms with E-state index >= 15 is 0 Å². The number of nitrogen functional groups attached to an aromatic ring is 1. The molecular formula is C14H22N2O2S. The molecular weight excluding hydrogens is 260 g/mol. The Labute approximate surface area is 115 Å². The average Bonchev–Trinajstić information content (AvgIpc) is 2.29. The molecule has 1 aromatic rings. The molecule has 1 aromatic carbocycles. The van der Waals surface area contributed by atoms with Gasteiger partial charge in [0.1, 0.15) is 0 Å². The normalized spacial score (nSPS) is 18.1. The zero-order chi connectivity index (χ0) is 14.3. The lowest BCUT2D eigenvalue weighted by molar-refractivity contribution is 0.214. The van der Waals surface area contributed by atoms with Crippen molar-refractivity contribution in [2.24, 2.45) is 0 Å². The maximum Gasteiger partial charge on any atom is 0.241 e. The lowest BCUT2D eigenvalue weighted by Gasteiger charge is -2.41. The number of hydrogen-bond acceptors (Lipinski definition) is 3. The van der Waals surface area contributed by atoms with Crippen molar-refractivity contribution in [1.29, 1.82) is 0 Å². The molecule has 0 saturated heterocycles. The predicted molar refractivity (Wildman–Crippen MR) is 77.5 cm³/mol. The maximum absolute atomic E-state index is 12.6. The zero-order valence-corrected chi connectivity index (χ0v) is 12.6. The lowest BCUT2D eigenvalue weighted by atomic mass is 9.76. The minimum atomic E-state index is -3.50. The first kappa shape index (κ1) is 14.3. The molecule has 19 heavy (non-hydrogen) atoms. The molecule has 0 spiro atoms. The number of aryl methyl sites for hydroxylation is 1. The van der Waals surface area contributed by atoms with Crippen LogP contribution in [0.3, 0.4) is 0 Å². The summed E-state index contributed by atoms with van der Waals surface area (Å²) in [7, 11) is -3.50. The van der Waals surface area contributed by atoms with E-state index in [0.29, 0.717) is 16.1 Å². The van der Waals surface area contributed by atoms with Gasteiger partial charge >= 0.3 is 0 Å². The zero-order valence-electron chi connectivity index (χ0n) is 11.8. The Balaban J connectivity index is 2.43. The highest BCUT2D eigenvalue weighted by Gasteiger charge is 2.39. The molecule has 4 nitrogen and oxygen atoms in total. The molecule has 0 aliphatic heterocycles. The standard InChI is InChI=1S/C14H22N2O2S/c1-4-14(8-5-9-14)16-19(17,18)13-10(2)6-7-12(15)11(13)3/h6-7,16H,4-5,8-9,15H2,1-3H3. The Morgan fingerprint density at radius 2 is 1.95 bits per heavy atom. The van der Waals surface area contributed by atoms with Gasteiger partial charge in [0, 0.05) is 11.2 Å². The molecule has 1 fully saturated rings. The van der Waals surface area contributed by atoms with Crippen LogP contribution < -0.4 is 10.5 Å². The topological polar surface area (TPSA) is 72.2 Å². The summed E-state index contributed by atoms with van der Waals surface area (Å²) in [5.41, 5.74) is 7.49. The van der Waals surface area contributed by atoms with Crippen LogP contribution >= 0.6 is 0 Å². The molecule has 0 radical (unpaired) electrons. The van der Waals surface area contributed by atoms with Crippen molar-refractivity contribution in [3.8, 4) is 0 Å². The molecule has 3 N–H and O–H groups in total. The third-order valence-electron chi connectivity index (χ3n) is 4.25. The fraction of sp³-hybridized carbons (Fsp3) is 0.571. The molecule has 0 aromatic heterocycles. The Kier molecular flexibility index (Phi) is 3.62. The third-order valence-corrected chi connectivity index (χ3v) is 6.12. The molecule has 0 heterocycles. The van der Waals surface area contributed by atoms with Gasteiger partial charge in [-0.15, -0.1) is 0 Å². The van der Waals surface area contributed by atoms with Crippen LogP contribution in [-0.4, -0.2) is 14.0 Å². The van der Waals surface area contributed by atoms with E-state index in [0.717, 1.165) is 31.2 Å². The van der Waals surface area contributed by atoms with E-state index in [2.05, 4.69) is 4.72 Å².